The minimum Gasteiger partial charge on any atom is -0.484 e. The van der Waals surface area contributed by atoms with Crippen molar-refractivity contribution in [3.05, 3.63) is 59.7 Å². The monoisotopic (exact) mass is 368 g/mol. The van der Waals surface area contributed by atoms with Crippen LogP contribution < -0.4 is 15.0 Å². The van der Waals surface area contributed by atoms with Crippen molar-refractivity contribution in [1.82, 2.24) is 5.32 Å². The maximum Gasteiger partial charge on any atom is 0.257 e. The minimum absolute atomic E-state index is 0.0547. The van der Waals surface area contributed by atoms with E-state index in [0.717, 1.165) is 50.5 Å². The van der Waals surface area contributed by atoms with Crippen LogP contribution in [0.25, 0.3) is 0 Å². The van der Waals surface area contributed by atoms with E-state index in [4.69, 9.17) is 9.47 Å². The number of ether oxygens (including phenoxy) is 2. The Kier molecular flexibility index (Phi) is 7.11. The third-order valence-corrected chi connectivity index (χ3v) is 4.73. The number of carbonyl (C=O) groups is 1. The zero-order chi connectivity index (χ0) is 18.9. The summed E-state index contributed by atoms with van der Waals surface area (Å²) in [6, 6.07) is 16.4. The van der Waals surface area contributed by atoms with Gasteiger partial charge in [0.1, 0.15) is 5.75 Å². The molecule has 1 amide bonds. The standard InChI is InChI=1S/C22H28N2O3/c1-18-5-2-3-7-21(18)27-17-22(25)23-12-4-6-19-8-10-20(11-9-19)24-13-15-26-16-14-24/h2-3,5,7-11H,4,6,12-17H2,1H3,(H,23,25). The number of hydrogen-bond donors (Lipinski definition) is 1. The van der Waals surface area contributed by atoms with Crippen molar-refractivity contribution >= 4 is 11.6 Å². The lowest BCUT2D eigenvalue weighted by atomic mass is 10.1. The normalized spacial score (nSPS) is 14.0. The van der Waals surface area contributed by atoms with Crippen LogP contribution in [0.2, 0.25) is 0 Å². The van der Waals surface area contributed by atoms with E-state index < -0.39 is 0 Å². The quantitative estimate of drug-likeness (QED) is 0.728. The molecule has 0 radical (unpaired) electrons. The number of para-hydroxylation sites is 1. The van der Waals surface area contributed by atoms with Gasteiger partial charge in [-0.05, 0) is 49.1 Å². The van der Waals surface area contributed by atoms with Gasteiger partial charge in [0.05, 0.1) is 13.2 Å². The fraction of sp³-hybridized carbons (Fsp3) is 0.409. The average Bonchev–Trinajstić information content (AvgIpc) is 2.72. The summed E-state index contributed by atoms with van der Waals surface area (Å²) in [4.78, 5) is 14.3. The Morgan fingerprint density at radius 3 is 2.59 bits per heavy atom. The first-order valence-corrected chi connectivity index (χ1v) is 9.59. The fourth-order valence-corrected chi connectivity index (χ4v) is 3.13. The molecule has 2 aromatic carbocycles. The van der Waals surface area contributed by atoms with E-state index in [1.54, 1.807) is 0 Å². The third-order valence-electron chi connectivity index (χ3n) is 4.73. The number of morpholine rings is 1. The lowest BCUT2D eigenvalue weighted by molar-refractivity contribution is -0.123. The summed E-state index contributed by atoms with van der Waals surface area (Å²) in [5, 5.41) is 2.92. The lowest BCUT2D eigenvalue weighted by Gasteiger charge is -2.28. The highest BCUT2D eigenvalue weighted by Gasteiger charge is 2.10. The molecule has 0 unspecified atom stereocenters. The predicted octanol–water partition coefficient (Wildman–Crippen LogP) is 2.96. The van der Waals surface area contributed by atoms with E-state index in [2.05, 4.69) is 34.5 Å². The summed E-state index contributed by atoms with van der Waals surface area (Å²) in [7, 11) is 0. The van der Waals surface area contributed by atoms with Crippen molar-refractivity contribution in [2.45, 2.75) is 19.8 Å². The van der Waals surface area contributed by atoms with E-state index in [0.29, 0.717) is 6.54 Å². The van der Waals surface area contributed by atoms with E-state index in [-0.39, 0.29) is 12.5 Å². The van der Waals surface area contributed by atoms with Crippen molar-refractivity contribution in [2.24, 2.45) is 0 Å². The molecule has 2 aromatic rings. The maximum atomic E-state index is 11.9. The van der Waals surface area contributed by atoms with Crippen LogP contribution in [0.5, 0.6) is 5.75 Å². The van der Waals surface area contributed by atoms with Gasteiger partial charge in [-0.2, -0.15) is 0 Å². The Bertz CT molecular complexity index is 725. The second-order valence-corrected chi connectivity index (χ2v) is 6.77. The van der Waals surface area contributed by atoms with Crippen LogP contribution in [0.15, 0.2) is 48.5 Å². The summed E-state index contributed by atoms with van der Waals surface area (Å²) in [6.45, 7) is 6.19. The van der Waals surface area contributed by atoms with Crippen LogP contribution in [0.3, 0.4) is 0 Å². The smallest absolute Gasteiger partial charge is 0.257 e. The van der Waals surface area contributed by atoms with E-state index in [1.165, 1.54) is 11.3 Å². The fourth-order valence-electron chi connectivity index (χ4n) is 3.13. The molecule has 0 atom stereocenters. The summed E-state index contributed by atoms with van der Waals surface area (Å²) in [5.74, 6) is 0.675. The number of benzene rings is 2. The molecule has 0 bridgehead atoms. The molecule has 1 heterocycles. The molecule has 1 aliphatic heterocycles. The SMILES string of the molecule is Cc1ccccc1OCC(=O)NCCCc1ccc(N2CCOCC2)cc1. The van der Waals surface area contributed by atoms with Gasteiger partial charge in [0.2, 0.25) is 0 Å². The molecule has 0 spiro atoms. The minimum atomic E-state index is -0.0825. The Labute approximate surface area is 161 Å². The van der Waals surface area contributed by atoms with Crippen LogP contribution in [0.1, 0.15) is 17.5 Å². The molecule has 3 rings (SSSR count). The van der Waals surface area contributed by atoms with E-state index >= 15 is 0 Å². The van der Waals surface area contributed by atoms with E-state index in [1.807, 2.05) is 31.2 Å². The number of hydrogen-bond acceptors (Lipinski definition) is 4. The zero-order valence-electron chi connectivity index (χ0n) is 15.9. The first kappa shape index (κ1) is 19.2. The second kappa shape index (κ2) is 9.97. The molecule has 27 heavy (non-hydrogen) atoms. The molecule has 0 aromatic heterocycles. The molecule has 0 aliphatic carbocycles. The summed E-state index contributed by atoms with van der Waals surface area (Å²) in [5.41, 5.74) is 3.58. The number of carbonyl (C=O) groups excluding carboxylic acids is 1. The van der Waals surface area contributed by atoms with Gasteiger partial charge in [-0.15, -0.1) is 0 Å². The maximum absolute atomic E-state index is 11.9. The van der Waals surface area contributed by atoms with Crippen molar-refractivity contribution in [1.29, 1.82) is 0 Å². The number of nitrogens with zero attached hydrogens (tertiary/aromatic N) is 1. The Morgan fingerprint density at radius 1 is 1.11 bits per heavy atom. The molecule has 0 saturated carbocycles. The van der Waals surface area contributed by atoms with Crippen LogP contribution in [-0.4, -0.2) is 45.4 Å². The number of rotatable bonds is 8. The van der Waals surface area contributed by atoms with E-state index in [9.17, 15) is 4.79 Å². The first-order chi connectivity index (χ1) is 13.2. The topological polar surface area (TPSA) is 50.8 Å². The van der Waals surface area contributed by atoms with Crippen molar-refractivity contribution in [2.75, 3.05) is 44.4 Å². The van der Waals surface area contributed by atoms with Gasteiger partial charge in [0.15, 0.2) is 6.61 Å². The van der Waals surface area contributed by atoms with Crippen molar-refractivity contribution in [3.63, 3.8) is 0 Å². The zero-order valence-corrected chi connectivity index (χ0v) is 15.9. The molecular formula is C22H28N2O3. The molecule has 144 valence electrons. The van der Waals surface area contributed by atoms with Gasteiger partial charge < -0.3 is 19.7 Å². The Morgan fingerprint density at radius 2 is 1.85 bits per heavy atom. The van der Waals surface area contributed by atoms with Gasteiger partial charge in [0, 0.05) is 25.3 Å². The number of anilines is 1. The highest BCUT2D eigenvalue weighted by atomic mass is 16.5. The molecule has 1 fully saturated rings. The number of amides is 1. The van der Waals surface area contributed by atoms with Gasteiger partial charge in [0.25, 0.3) is 5.91 Å². The average molecular weight is 368 g/mol. The number of aryl methyl sites for hydroxylation is 2. The summed E-state index contributed by atoms with van der Waals surface area (Å²) >= 11 is 0. The molecular weight excluding hydrogens is 340 g/mol. The van der Waals surface area contributed by atoms with Gasteiger partial charge in [-0.3, -0.25) is 4.79 Å². The Hall–Kier alpha value is -2.53. The summed E-state index contributed by atoms with van der Waals surface area (Å²) in [6.07, 6.45) is 1.86. The van der Waals surface area contributed by atoms with Crippen molar-refractivity contribution < 1.29 is 14.3 Å². The van der Waals surface area contributed by atoms with Crippen LogP contribution >= 0.6 is 0 Å². The second-order valence-electron chi connectivity index (χ2n) is 6.77. The van der Waals surface area contributed by atoms with Crippen LogP contribution in [-0.2, 0) is 16.0 Å². The van der Waals surface area contributed by atoms with Crippen LogP contribution in [0, 0.1) is 6.92 Å². The first-order valence-electron chi connectivity index (χ1n) is 9.59. The number of nitrogens with one attached hydrogen (secondary N) is 1. The molecule has 1 N–H and O–H groups in total. The Balaban J connectivity index is 1.33. The van der Waals surface area contributed by atoms with Gasteiger partial charge in [-0.25, -0.2) is 0 Å². The van der Waals surface area contributed by atoms with Crippen LogP contribution in [0.4, 0.5) is 5.69 Å². The largest absolute Gasteiger partial charge is 0.484 e. The highest BCUT2D eigenvalue weighted by Crippen LogP contribution is 2.17. The van der Waals surface area contributed by atoms with Crippen molar-refractivity contribution in [3.8, 4) is 5.75 Å². The lowest BCUT2D eigenvalue weighted by Crippen LogP contribution is -2.36. The third kappa shape index (κ3) is 6.00. The molecule has 1 saturated heterocycles. The van der Waals surface area contributed by atoms with Gasteiger partial charge >= 0.3 is 0 Å². The molecule has 5 heteroatoms. The van der Waals surface area contributed by atoms with Gasteiger partial charge in [-0.1, -0.05) is 30.3 Å². The summed E-state index contributed by atoms with van der Waals surface area (Å²) < 4.78 is 11.0. The predicted molar refractivity (Wildman–Crippen MR) is 107 cm³/mol. The molecule has 1 aliphatic rings. The highest BCUT2D eigenvalue weighted by molar-refractivity contribution is 5.77. The molecule has 5 nitrogen and oxygen atoms in total.